The van der Waals surface area contributed by atoms with E-state index in [1.807, 2.05) is 18.3 Å². The molecule has 0 spiro atoms. The SMILES string of the molecule is C=C/C=C(\C)C(CC)=Nc1cc(C(C)C)ccn1. The molecule has 0 fully saturated rings. The molecule has 0 amide bonds. The number of hydrogen-bond acceptors (Lipinski definition) is 2. The van der Waals surface area contributed by atoms with Crippen molar-refractivity contribution in [1.82, 2.24) is 4.98 Å². The van der Waals surface area contributed by atoms with Gasteiger partial charge in [-0.15, -0.1) is 0 Å². The van der Waals surface area contributed by atoms with Crippen molar-refractivity contribution in [3.05, 3.63) is 48.2 Å². The Morgan fingerprint density at radius 3 is 2.78 bits per heavy atom. The largest absolute Gasteiger partial charge is 0.237 e. The maximum absolute atomic E-state index is 4.63. The average molecular weight is 242 g/mol. The Morgan fingerprint density at radius 2 is 2.22 bits per heavy atom. The molecule has 18 heavy (non-hydrogen) atoms. The first-order chi connectivity index (χ1) is 8.58. The van der Waals surface area contributed by atoms with E-state index in [-0.39, 0.29) is 0 Å². The molecule has 0 aliphatic rings. The Labute approximate surface area is 110 Å². The number of aromatic nitrogens is 1. The van der Waals surface area contributed by atoms with Gasteiger partial charge in [-0.1, -0.05) is 39.5 Å². The second kappa shape index (κ2) is 6.90. The highest BCUT2D eigenvalue weighted by molar-refractivity contribution is 6.00. The molecule has 0 saturated heterocycles. The lowest BCUT2D eigenvalue weighted by Crippen LogP contribution is -1.98. The summed E-state index contributed by atoms with van der Waals surface area (Å²) in [6.07, 6.45) is 6.49. The van der Waals surface area contributed by atoms with Crippen LogP contribution in [0.1, 0.15) is 45.6 Å². The molecule has 1 rings (SSSR count). The van der Waals surface area contributed by atoms with Gasteiger partial charge in [0.05, 0.1) is 0 Å². The van der Waals surface area contributed by atoms with Crippen LogP contribution in [0.25, 0.3) is 0 Å². The molecule has 0 radical (unpaired) electrons. The van der Waals surface area contributed by atoms with Crippen molar-refractivity contribution >= 4 is 11.5 Å². The van der Waals surface area contributed by atoms with Gasteiger partial charge in [-0.3, -0.25) is 0 Å². The molecule has 2 nitrogen and oxygen atoms in total. The molecule has 0 atom stereocenters. The maximum atomic E-state index is 4.63. The van der Waals surface area contributed by atoms with Gasteiger partial charge in [-0.05, 0) is 42.5 Å². The normalized spacial score (nSPS) is 12.9. The van der Waals surface area contributed by atoms with Gasteiger partial charge in [0.1, 0.15) is 0 Å². The van der Waals surface area contributed by atoms with Gasteiger partial charge >= 0.3 is 0 Å². The zero-order valence-electron chi connectivity index (χ0n) is 11.8. The summed E-state index contributed by atoms with van der Waals surface area (Å²) in [6, 6.07) is 4.10. The molecule has 96 valence electrons. The van der Waals surface area contributed by atoms with Gasteiger partial charge < -0.3 is 0 Å². The van der Waals surface area contributed by atoms with E-state index in [9.17, 15) is 0 Å². The standard InChI is InChI=1S/C16H22N2/c1-6-8-13(5)15(7-2)18-16-11-14(12(3)4)9-10-17-16/h6,8-12H,1,7H2,2-5H3/b13-8+,18-15?. The molecule has 1 aromatic heterocycles. The number of nitrogens with zero attached hydrogens (tertiary/aromatic N) is 2. The third-order valence-electron chi connectivity index (χ3n) is 2.84. The number of pyridine rings is 1. The van der Waals surface area contributed by atoms with Crippen molar-refractivity contribution < 1.29 is 0 Å². The molecule has 0 aliphatic heterocycles. The molecule has 0 N–H and O–H groups in total. The first-order valence-corrected chi connectivity index (χ1v) is 6.41. The molecule has 0 aromatic carbocycles. The summed E-state index contributed by atoms with van der Waals surface area (Å²) in [5.74, 6) is 1.28. The van der Waals surface area contributed by atoms with Crippen LogP contribution in [0, 0.1) is 0 Å². The molecule has 1 heterocycles. The average Bonchev–Trinajstić information content (AvgIpc) is 2.36. The van der Waals surface area contributed by atoms with Crippen LogP contribution in [-0.4, -0.2) is 10.7 Å². The summed E-state index contributed by atoms with van der Waals surface area (Å²) >= 11 is 0. The summed E-state index contributed by atoms with van der Waals surface area (Å²) in [6.45, 7) is 12.2. The minimum absolute atomic E-state index is 0.497. The van der Waals surface area contributed by atoms with E-state index in [1.54, 1.807) is 6.08 Å². The lowest BCUT2D eigenvalue weighted by atomic mass is 10.1. The molecule has 0 unspecified atom stereocenters. The van der Waals surface area contributed by atoms with Crippen molar-refractivity contribution in [3.8, 4) is 0 Å². The molecule has 0 saturated carbocycles. The van der Waals surface area contributed by atoms with Gasteiger partial charge in [0.25, 0.3) is 0 Å². The first kappa shape index (κ1) is 14.4. The van der Waals surface area contributed by atoms with Gasteiger partial charge in [0.2, 0.25) is 0 Å². The fraction of sp³-hybridized carbons (Fsp3) is 0.375. The van der Waals surface area contributed by atoms with Crippen LogP contribution < -0.4 is 0 Å². The zero-order chi connectivity index (χ0) is 13.5. The van der Waals surface area contributed by atoms with Crippen molar-refractivity contribution in [2.24, 2.45) is 4.99 Å². The third-order valence-corrected chi connectivity index (χ3v) is 2.84. The number of rotatable bonds is 5. The van der Waals surface area contributed by atoms with Crippen molar-refractivity contribution in [3.63, 3.8) is 0 Å². The maximum Gasteiger partial charge on any atom is 0.152 e. The summed E-state index contributed by atoms with van der Waals surface area (Å²) in [5.41, 5.74) is 3.47. The van der Waals surface area contributed by atoms with Gasteiger partial charge in [0, 0.05) is 11.9 Å². The van der Waals surface area contributed by atoms with E-state index >= 15 is 0 Å². The number of hydrogen-bond donors (Lipinski definition) is 0. The highest BCUT2D eigenvalue weighted by Gasteiger charge is 2.03. The summed E-state index contributed by atoms with van der Waals surface area (Å²) < 4.78 is 0. The quantitative estimate of drug-likeness (QED) is 0.537. The fourth-order valence-corrected chi connectivity index (χ4v) is 1.71. The third kappa shape index (κ3) is 3.95. The molecule has 0 aliphatic carbocycles. The zero-order valence-corrected chi connectivity index (χ0v) is 11.8. The van der Waals surface area contributed by atoms with Gasteiger partial charge in [-0.25, -0.2) is 9.98 Å². The van der Waals surface area contributed by atoms with E-state index in [0.717, 1.165) is 23.5 Å². The topological polar surface area (TPSA) is 25.2 Å². The lowest BCUT2D eigenvalue weighted by molar-refractivity contribution is 0.863. The Kier molecular flexibility index (Phi) is 5.50. The molecular weight excluding hydrogens is 220 g/mol. The molecule has 1 aromatic rings. The second-order valence-electron chi connectivity index (χ2n) is 4.60. The van der Waals surface area contributed by atoms with Crippen molar-refractivity contribution in [1.29, 1.82) is 0 Å². The van der Waals surface area contributed by atoms with Crippen LogP contribution in [0.5, 0.6) is 0 Å². The summed E-state index contributed by atoms with van der Waals surface area (Å²) in [5, 5.41) is 0. The Balaban J connectivity index is 3.09. The highest BCUT2D eigenvalue weighted by Crippen LogP contribution is 2.19. The number of allylic oxidation sites excluding steroid dienone is 3. The Morgan fingerprint density at radius 1 is 1.50 bits per heavy atom. The predicted octanol–water partition coefficient (Wildman–Crippen LogP) is 4.82. The van der Waals surface area contributed by atoms with Crippen LogP contribution >= 0.6 is 0 Å². The van der Waals surface area contributed by atoms with E-state index in [0.29, 0.717) is 5.92 Å². The van der Waals surface area contributed by atoms with Crippen molar-refractivity contribution in [2.75, 3.05) is 0 Å². The van der Waals surface area contributed by atoms with Crippen molar-refractivity contribution in [2.45, 2.75) is 40.0 Å². The van der Waals surface area contributed by atoms with E-state index in [2.05, 4.69) is 50.3 Å². The Hall–Kier alpha value is -1.70. The minimum Gasteiger partial charge on any atom is -0.237 e. The predicted molar refractivity (Wildman–Crippen MR) is 79.7 cm³/mol. The highest BCUT2D eigenvalue weighted by atomic mass is 14.9. The first-order valence-electron chi connectivity index (χ1n) is 6.41. The van der Waals surface area contributed by atoms with E-state index in [4.69, 9.17) is 0 Å². The number of aliphatic imine (C=N–C) groups is 1. The smallest absolute Gasteiger partial charge is 0.152 e. The monoisotopic (exact) mass is 242 g/mol. The minimum atomic E-state index is 0.497. The van der Waals surface area contributed by atoms with Crippen LogP contribution in [0.4, 0.5) is 5.82 Å². The molecule has 0 bridgehead atoms. The van der Waals surface area contributed by atoms with Gasteiger partial charge in [0.15, 0.2) is 5.82 Å². The summed E-state index contributed by atoms with van der Waals surface area (Å²) in [7, 11) is 0. The molecular formula is C16H22N2. The van der Waals surface area contributed by atoms with Gasteiger partial charge in [-0.2, -0.15) is 0 Å². The molecule has 2 heteroatoms. The van der Waals surface area contributed by atoms with E-state index in [1.165, 1.54) is 5.56 Å². The lowest BCUT2D eigenvalue weighted by Gasteiger charge is -2.07. The van der Waals surface area contributed by atoms with Crippen LogP contribution in [0.2, 0.25) is 0 Å². The van der Waals surface area contributed by atoms with Crippen LogP contribution in [0.3, 0.4) is 0 Å². The van der Waals surface area contributed by atoms with Crippen LogP contribution in [-0.2, 0) is 0 Å². The summed E-state index contributed by atoms with van der Waals surface area (Å²) in [4.78, 5) is 8.94. The second-order valence-corrected chi connectivity index (χ2v) is 4.60. The fourth-order valence-electron chi connectivity index (χ4n) is 1.71. The van der Waals surface area contributed by atoms with Crippen LogP contribution in [0.15, 0.2) is 47.6 Å². The Bertz CT molecular complexity index is 468. The van der Waals surface area contributed by atoms with E-state index < -0.39 is 0 Å².